The molecule has 3 heteroatoms. The van der Waals surface area contributed by atoms with Gasteiger partial charge in [-0.1, -0.05) is 0 Å². The van der Waals surface area contributed by atoms with Crippen LogP contribution >= 0.6 is 0 Å². The molecule has 0 aliphatic heterocycles. The van der Waals surface area contributed by atoms with E-state index in [4.69, 9.17) is 9.84 Å². The van der Waals surface area contributed by atoms with Crippen molar-refractivity contribution in [2.24, 2.45) is 0 Å². The summed E-state index contributed by atoms with van der Waals surface area (Å²) < 4.78 is 5.07. The Hall–Kier alpha value is -1.51. The lowest BCUT2D eigenvalue weighted by molar-refractivity contribution is 0.0696. The van der Waals surface area contributed by atoms with Crippen molar-refractivity contribution in [3.63, 3.8) is 0 Å². The molecule has 1 aromatic rings. The van der Waals surface area contributed by atoms with E-state index in [-0.39, 0.29) is 0 Å². The highest BCUT2D eigenvalue weighted by molar-refractivity contribution is 5.90. The number of ether oxygens (including phenoxy) is 1. The zero-order valence-corrected chi connectivity index (χ0v) is 7.92. The highest BCUT2D eigenvalue weighted by atomic mass is 16.5. The van der Waals surface area contributed by atoms with Gasteiger partial charge in [-0.2, -0.15) is 0 Å². The van der Waals surface area contributed by atoms with Crippen molar-refractivity contribution >= 4 is 5.97 Å². The zero-order chi connectivity index (χ0) is 10.0. The molecule has 0 heterocycles. The predicted molar refractivity (Wildman–Crippen MR) is 49.4 cm³/mol. The van der Waals surface area contributed by atoms with Gasteiger partial charge in [-0.3, -0.25) is 0 Å². The summed E-state index contributed by atoms with van der Waals surface area (Å²) in [4.78, 5) is 10.7. The normalized spacial score (nSPS) is 9.77. The topological polar surface area (TPSA) is 46.5 Å². The molecule has 0 bridgehead atoms. The van der Waals surface area contributed by atoms with Crippen molar-refractivity contribution in [1.82, 2.24) is 0 Å². The van der Waals surface area contributed by atoms with Crippen LogP contribution in [0.5, 0.6) is 5.75 Å². The second-order valence-electron chi connectivity index (χ2n) is 2.87. The molecule has 0 aromatic heterocycles. The second kappa shape index (κ2) is 3.47. The van der Waals surface area contributed by atoms with E-state index in [1.807, 2.05) is 6.92 Å². The Bertz CT molecular complexity index is 342. The molecule has 0 fully saturated rings. The van der Waals surface area contributed by atoms with Crippen molar-refractivity contribution in [1.29, 1.82) is 0 Å². The molecule has 1 rings (SSSR count). The standard InChI is InChI=1S/C10H12O3/c1-6-7(2)9(13-3)5-4-8(6)10(11)12/h4-5H,1-3H3,(H,11,12). The molecule has 0 amide bonds. The maximum Gasteiger partial charge on any atom is 0.335 e. The Morgan fingerprint density at radius 3 is 2.38 bits per heavy atom. The van der Waals surface area contributed by atoms with E-state index in [0.29, 0.717) is 5.56 Å². The largest absolute Gasteiger partial charge is 0.496 e. The van der Waals surface area contributed by atoms with Gasteiger partial charge < -0.3 is 9.84 Å². The van der Waals surface area contributed by atoms with E-state index in [1.54, 1.807) is 26.2 Å². The Morgan fingerprint density at radius 2 is 1.92 bits per heavy atom. The number of hydrogen-bond acceptors (Lipinski definition) is 2. The first kappa shape index (κ1) is 9.58. The first-order valence-corrected chi connectivity index (χ1v) is 3.95. The summed E-state index contributed by atoms with van der Waals surface area (Å²) in [6.45, 7) is 3.63. The molecule has 70 valence electrons. The van der Waals surface area contributed by atoms with E-state index in [9.17, 15) is 4.79 Å². The molecule has 1 N–H and O–H groups in total. The number of carboxylic acids is 1. The Labute approximate surface area is 77.0 Å². The number of hydrogen-bond donors (Lipinski definition) is 1. The minimum absolute atomic E-state index is 0.332. The Balaban J connectivity index is 3.31. The fourth-order valence-corrected chi connectivity index (χ4v) is 1.25. The molecule has 13 heavy (non-hydrogen) atoms. The van der Waals surface area contributed by atoms with Gasteiger partial charge in [0.2, 0.25) is 0 Å². The summed E-state index contributed by atoms with van der Waals surface area (Å²) in [6, 6.07) is 3.23. The van der Waals surface area contributed by atoms with Gasteiger partial charge in [-0.25, -0.2) is 4.79 Å². The average Bonchev–Trinajstić information content (AvgIpc) is 2.09. The van der Waals surface area contributed by atoms with Crippen molar-refractivity contribution < 1.29 is 14.6 Å². The monoisotopic (exact) mass is 180 g/mol. The van der Waals surface area contributed by atoms with Crippen molar-refractivity contribution in [3.8, 4) is 5.75 Å². The van der Waals surface area contributed by atoms with Gasteiger partial charge >= 0.3 is 5.97 Å². The Morgan fingerprint density at radius 1 is 1.31 bits per heavy atom. The van der Waals surface area contributed by atoms with Gasteiger partial charge in [0.1, 0.15) is 5.75 Å². The molecule has 0 atom stereocenters. The van der Waals surface area contributed by atoms with E-state index in [1.165, 1.54) is 0 Å². The van der Waals surface area contributed by atoms with Crippen molar-refractivity contribution in [3.05, 3.63) is 28.8 Å². The summed E-state index contributed by atoms with van der Waals surface area (Å²) in [5.74, 6) is -0.175. The smallest absolute Gasteiger partial charge is 0.335 e. The third kappa shape index (κ3) is 1.64. The molecule has 1 aromatic carbocycles. The van der Waals surface area contributed by atoms with Crippen LogP contribution in [0.2, 0.25) is 0 Å². The Kier molecular flexibility index (Phi) is 2.56. The minimum atomic E-state index is -0.900. The molecule has 0 aliphatic rings. The number of benzene rings is 1. The van der Waals surface area contributed by atoms with Gasteiger partial charge in [0, 0.05) is 0 Å². The fourth-order valence-electron chi connectivity index (χ4n) is 1.25. The lowest BCUT2D eigenvalue weighted by Crippen LogP contribution is -2.02. The summed E-state index contributed by atoms with van der Waals surface area (Å²) >= 11 is 0. The average molecular weight is 180 g/mol. The zero-order valence-electron chi connectivity index (χ0n) is 7.92. The molecular weight excluding hydrogens is 168 g/mol. The summed E-state index contributed by atoms with van der Waals surface area (Å²) in [7, 11) is 1.57. The first-order chi connectivity index (χ1) is 6.07. The lowest BCUT2D eigenvalue weighted by Gasteiger charge is -2.09. The summed E-state index contributed by atoms with van der Waals surface area (Å²) in [6.07, 6.45) is 0. The number of carboxylic acid groups (broad SMARTS) is 1. The van der Waals surface area contributed by atoms with Crippen LogP contribution < -0.4 is 4.74 Å². The summed E-state index contributed by atoms with van der Waals surface area (Å²) in [5.41, 5.74) is 1.97. The van der Waals surface area contributed by atoms with E-state index < -0.39 is 5.97 Å². The number of methoxy groups -OCH3 is 1. The maximum absolute atomic E-state index is 10.7. The number of aromatic carboxylic acids is 1. The third-order valence-electron chi connectivity index (χ3n) is 2.19. The van der Waals surface area contributed by atoms with Crippen LogP contribution in [0, 0.1) is 13.8 Å². The quantitative estimate of drug-likeness (QED) is 0.757. The van der Waals surface area contributed by atoms with Crippen LogP contribution in [-0.2, 0) is 0 Å². The molecule has 0 aliphatic carbocycles. The maximum atomic E-state index is 10.7. The van der Waals surface area contributed by atoms with Gasteiger partial charge in [-0.05, 0) is 37.1 Å². The predicted octanol–water partition coefficient (Wildman–Crippen LogP) is 2.01. The molecular formula is C10H12O3. The fraction of sp³-hybridized carbons (Fsp3) is 0.300. The SMILES string of the molecule is COc1ccc(C(=O)O)c(C)c1C. The number of rotatable bonds is 2. The number of carbonyl (C=O) groups is 1. The molecule has 0 saturated heterocycles. The van der Waals surface area contributed by atoms with Gasteiger partial charge in [0.15, 0.2) is 0 Å². The molecule has 0 spiro atoms. The second-order valence-corrected chi connectivity index (χ2v) is 2.87. The minimum Gasteiger partial charge on any atom is -0.496 e. The molecule has 3 nitrogen and oxygen atoms in total. The third-order valence-corrected chi connectivity index (χ3v) is 2.19. The van der Waals surface area contributed by atoms with Crippen LogP contribution in [0.1, 0.15) is 21.5 Å². The molecule has 0 unspecified atom stereocenters. The first-order valence-electron chi connectivity index (χ1n) is 3.95. The van der Waals surface area contributed by atoms with Crippen LogP contribution in [0.25, 0.3) is 0 Å². The van der Waals surface area contributed by atoms with E-state index in [2.05, 4.69) is 0 Å². The highest BCUT2D eigenvalue weighted by Crippen LogP contribution is 2.23. The molecule has 0 saturated carbocycles. The molecule has 0 radical (unpaired) electrons. The van der Waals surface area contributed by atoms with Gasteiger partial charge in [0.05, 0.1) is 12.7 Å². The summed E-state index contributed by atoms with van der Waals surface area (Å²) in [5, 5.41) is 8.81. The van der Waals surface area contributed by atoms with Crippen LogP contribution in [0.15, 0.2) is 12.1 Å². The van der Waals surface area contributed by atoms with Crippen molar-refractivity contribution in [2.75, 3.05) is 7.11 Å². The van der Waals surface area contributed by atoms with Gasteiger partial charge in [0.25, 0.3) is 0 Å². The van der Waals surface area contributed by atoms with Gasteiger partial charge in [-0.15, -0.1) is 0 Å². The van der Waals surface area contributed by atoms with Crippen LogP contribution in [0.4, 0.5) is 0 Å². The van der Waals surface area contributed by atoms with E-state index >= 15 is 0 Å². The van der Waals surface area contributed by atoms with E-state index in [0.717, 1.165) is 16.9 Å². The van der Waals surface area contributed by atoms with Crippen LogP contribution in [-0.4, -0.2) is 18.2 Å². The van der Waals surface area contributed by atoms with Crippen LogP contribution in [0.3, 0.4) is 0 Å². The lowest BCUT2D eigenvalue weighted by atomic mass is 10.0. The van der Waals surface area contributed by atoms with Crippen molar-refractivity contribution in [2.45, 2.75) is 13.8 Å². The highest BCUT2D eigenvalue weighted by Gasteiger charge is 2.11.